The van der Waals surface area contributed by atoms with E-state index in [0.717, 1.165) is 12.8 Å². The maximum atomic E-state index is 12.7. The van der Waals surface area contributed by atoms with Crippen LogP contribution >= 0.6 is 0 Å². The van der Waals surface area contributed by atoms with Crippen LogP contribution < -0.4 is 0 Å². The lowest BCUT2D eigenvalue weighted by Gasteiger charge is -2.29. The number of carboxylic acid groups (broad SMARTS) is 1. The normalized spacial score (nSPS) is 15.2. The Balaban J connectivity index is 2.14. The van der Waals surface area contributed by atoms with Crippen LogP contribution in [0.1, 0.15) is 58.6 Å². The van der Waals surface area contributed by atoms with Crippen LogP contribution in [0.25, 0.3) is 0 Å². The number of aromatic carboxylic acids is 1. The molecule has 1 aromatic heterocycles. The molecule has 0 bridgehead atoms. The Morgan fingerprint density at radius 1 is 1.35 bits per heavy atom. The fraction of sp³-hybridized carbons (Fsp3) is 0.500. The summed E-state index contributed by atoms with van der Waals surface area (Å²) < 4.78 is 0. The molecule has 124 valence electrons. The van der Waals surface area contributed by atoms with Crippen LogP contribution in [0.15, 0.2) is 24.8 Å². The fourth-order valence-corrected chi connectivity index (χ4v) is 3.15. The zero-order valence-corrected chi connectivity index (χ0v) is 13.6. The summed E-state index contributed by atoms with van der Waals surface area (Å²) >= 11 is 0. The minimum absolute atomic E-state index is 0.129. The van der Waals surface area contributed by atoms with Crippen molar-refractivity contribution in [3.63, 3.8) is 0 Å². The van der Waals surface area contributed by atoms with Crippen molar-refractivity contribution in [1.82, 2.24) is 9.88 Å². The highest BCUT2D eigenvalue weighted by atomic mass is 16.4. The third kappa shape index (κ3) is 4.41. The highest BCUT2D eigenvalue weighted by Crippen LogP contribution is 2.25. The summed E-state index contributed by atoms with van der Waals surface area (Å²) in [6.07, 6.45) is 7.77. The van der Waals surface area contributed by atoms with Gasteiger partial charge in [-0.1, -0.05) is 25.3 Å². The van der Waals surface area contributed by atoms with E-state index >= 15 is 0 Å². The van der Waals surface area contributed by atoms with Gasteiger partial charge in [-0.3, -0.25) is 4.79 Å². The molecular weight excluding hydrogens is 292 g/mol. The number of nitrogens with zero attached hydrogens (tertiary/aromatic N) is 2. The Morgan fingerprint density at radius 3 is 2.61 bits per heavy atom. The number of aromatic nitrogens is 1. The van der Waals surface area contributed by atoms with E-state index in [1.54, 1.807) is 17.9 Å². The molecule has 1 aliphatic carbocycles. The number of carbonyl (C=O) groups is 2. The van der Waals surface area contributed by atoms with Gasteiger partial charge in [0.25, 0.3) is 5.91 Å². The first kappa shape index (κ1) is 17.2. The van der Waals surface area contributed by atoms with Crippen LogP contribution in [-0.4, -0.2) is 40.0 Å². The van der Waals surface area contributed by atoms with E-state index in [0.29, 0.717) is 30.4 Å². The highest BCUT2D eigenvalue weighted by molar-refractivity contribution is 5.94. The average molecular weight is 316 g/mol. The molecule has 0 saturated heterocycles. The minimum atomic E-state index is -1.03. The van der Waals surface area contributed by atoms with Gasteiger partial charge < -0.3 is 10.0 Å². The molecule has 1 amide bonds. The lowest BCUT2D eigenvalue weighted by atomic mass is 9.89. The maximum absolute atomic E-state index is 12.7. The molecular formula is C18H24N2O3. The lowest BCUT2D eigenvalue weighted by molar-refractivity contribution is 0.0689. The molecule has 1 heterocycles. The van der Waals surface area contributed by atoms with E-state index in [9.17, 15) is 9.59 Å². The Morgan fingerprint density at radius 2 is 2.04 bits per heavy atom. The van der Waals surface area contributed by atoms with Gasteiger partial charge in [-0.05, 0) is 37.8 Å². The molecule has 0 spiro atoms. The van der Waals surface area contributed by atoms with E-state index in [-0.39, 0.29) is 11.5 Å². The van der Waals surface area contributed by atoms with Gasteiger partial charge in [0.15, 0.2) is 0 Å². The van der Waals surface area contributed by atoms with Crippen LogP contribution in [0.2, 0.25) is 0 Å². The van der Waals surface area contributed by atoms with Crippen molar-refractivity contribution >= 4 is 11.9 Å². The largest absolute Gasteiger partial charge is 0.478 e. The number of rotatable bonds is 6. The van der Waals surface area contributed by atoms with Crippen LogP contribution in [0.4, 0.5) is 0 Å². The maximum Gasteiger partial charge on any atom is 0.337 e. The summed E-state index contributed by atoms with van der Waals surface area (Å²) in [5.74, 6) is -0.651. The molecule has 0 unspecified atom stereocenters. The van der Waals surface area contributed by atoms with Crippen molar-refractivity contribution in [2.45, 2.75) is 39.0 Å². The molecule has 1 aromatic rings. The fourth-order valence-electron chi connectivity index (χ4n) is 3.15. The molecule has 0 aromatic carbocycles. The third-order valence-electron chi connectivity index (χ3n) is 4.38. The summed E-state index contributed by atoms with van der Waals surface area (Å²) in [4.78, 5) is 29.7. The van der Waals surface area contributed by atoms with Crippen LogP contribution in [0.5, 0.6) is 0 Å². The first-order valence-electron chi connectivity index (χ1n) is 8.14. The SMILES string of the molecule is C=CCN(CC1CCCCC1)C(=O)c1ccc(C(=O)O)c(C)n1. The number of carboxylic acids is 1. The van der Waals surface area contributed by atoms with Crippen molar-refractivity contribution in [3.8, 4) is 0 Å². The number of aryl methyl sites for hydroxylation is 1. The van der Waals surface area contributed by atoms with E-state index in [1.807, 2.05) is 0 Å². The highest BCUT2D eigenvalue weighted by Gasteiger charge is 2.22. The van der Waals surface area contributed by atoms with Gasteiger partial charge in [-0.15, -0.1) is 6.58 Å². The molecule has 23 heavy (non-hydrogen) atoms. The summed E-state index contributed by atoms with van der Waals surface area (Å²) in [6.45, 7) is 6.54. The van der Waals surface area contributed by atoms with E-state index in [4.69, 9.17) is 5.11 Å². The van der Waals surface area contributed by atoms with Crippen molar-refractivity contribution in [3.05, 3.63) is 41.7 Å². The predicted molar refractivity (Wildman–Crippen MR) is 88.6 cm³/mol. The van der Waals surface area contributed by atoms with Crippen LogP contribution in [-0.2, 0) is 0 Å². The first-order valence-corrected chi connectivity index (χ1v) is 8.14. The standard InChI is InChI=1S/C18H24N2O3/c1-3-11-20(12-14-7-5-4-6-8-14)17(21)16-10-9-15(18(22)23)13(2)19-16/h3,9-10,14H,1,4-8,11-12H2,2H3,(H,22,23). The molecule has 1 N–H and O–H groups in total. The lowest BCUT2D eigenvalue weighted by Crippen LogP contribution is -2.36. The molecule has 2 rings (SSSR count). The Labute approximate surface area is 137 Å². The second-order valence-corrected chi connectivity index (χ2v) is 6.14. The quantitative estimate of drug-likeness (QED) is 0.818. The second-order valence-electron chi connectivity index (χ2n) is 6.14. The number of amides is 1. The van der Waals surface area contributed by atoms with Gasteiger partial charge in [-0.25, -0.2) is 9.78 Å². The Hall–Kier alpha value is -2.17. The zero-order chi connectivity index (χ0) is 16.8. The Kier molecular flexibility index (Phi) is 5.90. The van der Waals surface area contributed by atoms with E-state index in [1.165, 1.54) is 31.4 Å². The van der Waals surface area contributed by atoms with Gasteiger partial charge >= 0.3 is 5.97 Å². The van der Waals surface area contributed by atoms with E-state index < -0.39 is 5.97 Å². The monoisotopic (exact) mass is 316 g/mol. The zero-order valence-electron chi connectivity index (χ0n) is 13.6. The molecule has 0 atom stereocenters. The summed E-state index contributed by atoms with van der Waals surface area (Å²) in [5.41, 5.74) is 0.786. The molecule has 5 heteroatoms. The smallest absolute Gasteiger partial charge is 0.337 e. The Bertz CT molecular complexity index is 592. The molecule has 1 saturated carbocycles. The van der Waals surface area contributed by atoms with Crippen molar-refractivity contribution < 1.29 is 14.7 Å². The third-order valence-corrected chi connectivity index (χ3v) is 4.38. The van der Waals surface area contributed by atoms with Crippen LogP contribution in [0, 0.1) is 12.8 Å². The predicted octanol–water partition coefficient (Wildman–Crippen LogP) is 3.30. The molecule has 5 nitrogen and oxygen atoms in total. The molecule has 0 aliphatic heterocycles. The molecule has 0 radical (unpaired) electrons. The number of hydrogen-bond donors (Lipinski definition) is 1. The molecule has 1 aliphatic rings. The van der Waals surface area contributed by atoms with E-state index in [2.05, 4.69) is 11.6 Å². The van der Waals surface area contributed by atoms with Crippen molar-refractivity contribution in [1.29, 1.82) is 0 Å². The number of pyridine rings is 1. The van der Waals surface area contributed by atoms with Gasteiger partial charge in [-0.2, -0.15) is 0 Å². The minimum Gasteiger partial charge on any atom is -0.478 e. The second kappa shape index (κ2) is 7.90. The summed E-state index contributed by atoms with van der Waals surface area (Å²) in [7, 11) is 0. The summed E-state index contributed by atoms with van der Waals surface area (Å²) in [6, 6.07) is 2.94. The van der Waals surface area contributed by atoms with Gasteiger partial charge in [0.2, 0.25) is 0 Å². The number of carbonyl (C=O) groups excluding carboxylic acids is 1. The van der Waals surface area contributed by atoms with Crippen molar-refractivity contribution in [2.75, 3.05) is 13.1 Å². The first-order chi connectivity index (χ1) is 11.0. The van der Waals surface area contributed by atoms with Gasteiger partial charge in [0.1, 0.15) is 5.69 Å². The average Bonchev–Trinajstić information content (AvgIpc) is 2.54. The number of hydrogen-bond acceptors (Lipinski definition) is 3. The van der Waals surface area contributed by atoms with Gasteiger partial charge in [0, 0.05) is 13.1 Å². The topological polar surface area (TPSA) is 70.5 Å². The van der Waals surface area contributed by atoms with Gasteiger partial charge in [0.05, 0.1) is 11.3 Å². The van der Waals surface area contributed by atoms with Crippen molar-refractivity contribution in [2.24, 2.45) is 5.92 Å². The summed E-state index contributed by atoms with van der Waals surface area (Å²) in [5, 5.41) is 9.06. The van der Waals surface area contributed by atoms with Crippen LogP contribution in [0.3, 0.4) is 0 Å². The molecule has 1 fully saturated rings.